The van der Waals surface area contributed by atoms with Crippen molar-refractivity contribution in [3.05, 3.63) is 27.8 Å². The highest BCUT2D eigenvalue weighted by Gasteiger charge is 2.02. The number of hydrogen-bond acceptors (Lipinski definition) is 7. The van der Waals surface area contributed by atoms with Crippen LogP contribution in [0.25, 0.3) is 0 Å². The van der Waals surface area contributed by atoms with Crippen LogP contribution in [0.5, 0.6) is 0 Å². The second kappa shape index (κ2) is 5.07. The van der Waals surface area contributed by atoms with E-state index in [9.17, 15) is 0 Å². The molecule has 4 N–H and O–H groups in total. The number of hydrazine groups is 1. The molecule has 0 atom stereocenters. The smallest absolute Gasteiger partial charge is 0.239 e. The monoisotopic (exact) mass is 250 g/mol. The fraction of sp³-hybridized carbons (Fsp3) is 0.300. The van der Waals surface area contributed by atoms with E-state index in [2.05, 4.69) is 25.7 Å². The molecule has 0 saturated carbocycles. The van der Waals surface area contributed by atoms with E-state index in [1.807, 2.05) is 25.3 Å². The minimum atomic E-state index is 0.405. The summed E-state index contributed by atoms with van der Waals surface area (Å²) in [6.07, 6.45) is 0. The molecule has 2 heterocycles. The third kappa shape index (κ3) is 3.11. The van der Waals surface area contributed by atoms with Crippen LogP contribution in [0.3, 0.4) is 0 Å². The summed E-state index contributed by atoms with van der Waals surface area (Å²) in [7, 11) is 0. The van der Waals surface area contributed by atoms with E-state index in [1.165, 1.54) is 0 Å². The van der Waals surface area contributed by atoms with Crippen LogP contribution in [-0.4, -0.2) is 15.0 Å². The Hall–Kier alpha value is -1.73. The van der Waals surface area contributed by atoms with Gasteiger partial charge in [0.2, 0.25) is 5.95 Å². The maximum Gasteiger partial charge on any atom is 0.239 e. The van der Waals surface area contributed by atoms with E-state index in [4.69, 9.17) is 5.84 Å². The molecule has 0 amide bonds. The fourth-order valence-corrected chi connectivity index (χ4v) is 2.09. The number of nitrogens with two attached hydrogens (primary N) is 1. The van der Waals surface area contributed by atoms with Crippen molar-refractivity contribution in [2.45, 2.75) is 20.4 Å². The molecule has 0 unspecified atom stereocenters. The molecule has 6 nitrogen and oxygen atoms in total. The quantitative estimate of drug-likeness (QED) is 0.562. The van der Waals surface area contributed by atoms with Gasteiger partial charge in [0, 0.05) is 22.8 Å². The third-order valence-electron chi connectivity index (χ3n) is 2.07. The molecule has 0 aliphatic carbocycles. The lowest BCUT2D eigenvalue weighted by atomic mass is 10.4. The Kier molecular flexibility index (Phi) is 3.50. The molecule has 17 heavy (non-hydrogen) atoms. The van der Waals surface area contributed by atoms with Crippen LogP contribution < -0.4 is 16.6 Å². The summed E-state index contributed by atoms with van der Waals surface area (Å²) in [4.78, 5) is 12.7. The molecule has 0 spiro atoms. The summed E-state index contributed by atoms with van der Waals surface area (Å²) >= 11 is 1.63. The van der Waals surface area contributed by atoms with Crippen molar-refractivity contribution >= 4 is 23.1 Å². The van der Waals surface area contributed by atoms with Gasteiger partial charge in [0.25, 0.3) is 0 Å². The summed E-state index contributed by atoms with van der Waals surface area (Å²) < 4.78 is 0. The molecule has 0 aromatic carbocycles. The van der Waals surface area contributed by atoms with Gasteiger partial charge in [-0.05, 0) is 13.8 Å². The Morgan fingerprint density at radius 3 is 2.71 bits per heavy atom. The van der Waals surface area contributed by atoms with Crippen LogP contribution >= 0.6 is 11.3 Å². The lowest BCUT2D eigenvalue weighted by Crippen LogP contribution is -2.12. The van der Waals surface area contributed by atoms with Gasteiger partial charge in [-0.25, -0.2) is 15.8 Å². The van der Waals surface area contributed by atoms with E-state index in [1.54, 1.807) is 11.3 Å². The van der Waals surface area contributed by atoms with Gasteiger partial charge in [-0.2, -0.15) is 4.98 Å². The van der Waals surface area contributed by atoms with Gasteiger partial charge in [-0.1, -0.05) is 0 Å². The first-order valence-electron chi connectivity index (χ1n) is 5.14. The number of thiazole rings is 1. The largest absolute Gasteiger partial charge is 0.363 e. The summed E-state index contributed by atoms with van der Waals surface area (Å²) in [5, 5.41) is 6.24. The first-order chi connectivity index (χ1) is 8.17. The number of aromatic nitrogens is 3. The lowest BCUT2D eigenvalue weighted by Gasteiger charge is -2.06. The van der Waals surface area contributed by atoms with E-state index in [0.717, 1.165) is 22.2 Å². The zero-order valence-electron chi connectivity index (χ0n) is 9.69. The van der Waals surface area contributed by atoms with E-state index >= 15 is 0 Å². The normalized spacial score (nSPS) is 10.3. The number of hydrogen-bond donors (Lipinski definition) is 3. The predicted octanol–water partition coefficient (Wildman–Crippen LogP) is 1.45. The van der Waals surface area contributed by atoms with E-state index in [0.29, 0.717) is 12.5 Å². The van der Waals surface area contributed by atoms with Gasteiger partial charge in [-0.15, -0.1) is 11.3 Å². The van der Waals surface area contributed by atoms with Crippen molar-refractivity contribution in [2.24, 2.45) is 5.84 Å². The lowest BCUT2D eigenvalue weighted by molar-refractivity contribution is 1.02. The van der Waals surface area contributed by atoms with Crippen LogP contribution in [0.2, 0.25) is 0 Å². The first kappa shape index (κ1) is 11.7. The summed E-state index contributed by atoms with van der Waals surface area (Å²) in [6.45, 7) is 4.52. The Labute approximate surface area is 103 Å². The zero-order chi connectivity index (χ0) is 12.3. The number of anilines is 2. The zero-order valence-corrected chi connectivity index (χ0v) is 10.5. The van der Waals surface area contributed by atoms with Crippen molar-refractivity contribution in [1.82, 2.24) is 15.0 Å². The number of nitrogens with zero attached hydrogens (tertiary/aromatic N) is 3. The highest BCUT2D eigenvalue weighted by molar-refractivity contribution is 7.09. The molecule has 0 bridgehead atoms. The Balaban J connectivity index is 2.05. The highest BCUT2D eigenvalue weighted by Crippen LogP contribution is 2.13. The number of nitrogens with one attached hydrogen (secondary N) is 2. The Morgan fingerprint density at radius 2 is 2.06 bits per heavy atom. The summed E-state index contributed by atoms with van der Waals surface area (Å²) in [5.41, 5.74) is 4.32. The highest BCUT2D eigenvalue weighted by atomic mass is 32.1. The van der Waals surface area contributed by atoms with Gasteiger partial charge >= 0.3 is 0 Å². The van der Waals surface area contributed by atoms with Crippen LogP contribution in [0.15, 0.2) is 11.4 Å². The van der Waals surface area contributed by atoms with Crippen molar-refractivity contribution < 1.29 is 0 Å². The van der Waals surface area contributed by atoms with Gasteiger partial charge < -0.3 is 5.32 Å². The topological polar surface area (TPSA) is 88.8 Å². The average Bonchev–Trinajstić information content (AvgIpc) is 2.72. The minimum absolute atomic E-state index is 0.405. The average molecular weight is 250 g/mol. The Morgan fingerprint density at radius 1 is 1.24 bits per heavy atom. The molecule has 0 radical (unpaired) electrons. The molecule has 7 heteroatoms. The molecule has 0 fully saturated rings. The third-order valence-corrected chi connectivity index (χ3v) is 3.04. The maximum absolute atomic E-state index is 5.29. The molecule has 90 valence electrons. The van der Waals surface area contributed by atoms with Crippen LogP contribution in [0, 0.1) is 13.8 Å². The molecular formula is C10H14N6S. The molecule has 0 aliphatic rings. The van der Waals surface area contributed by atoms with Crippen molar-refractivity contribution in [3.8, 4) is 0 Å². The second-order valence-corrected chi connectivity index (χ2v) is 4.54. The second-order valence-electron chi connectivity index (χ2n) is 3.60. The van der Waals surface area contributed by atoms with E-state index < -0.39 is 0 Å². The maximum atomic E-state index is 5.29. The molecule has 0 saturated heterocycles. The molecule has 2 aromatic rings. The first-order valence-corrected chi connectivity index (χ1v) is 6.02. The summed E-state index contributed by atoms with van der Waals surface area (Å²) in [5.74, 6) is 6.43. The SMILES string of the molecule is Cc1cc(NCc2nc(C)cs2)nc(NN)n1. The van der Waals surface area contributed by atoms with Gasteiger partial charge in [-0.3, -0.25) is 5.43 Å². The van der Waals surface area contributed by atoms with Crippen molar-refractivity contribution in [2.75, 3.05) is 10.7 Å². The Bertz CT molecular complexity index is 509. The van der Waals surface area contributed by atoms with Gasteiger partial charge in [0.05, 0.1) is 6.54 Å². The van der Waals surface area contributed by atoms with Crippen LogP contribution in [-0.2, 0) is 6.54 Å². The van der Waals surface area contributed by atoms with Gasteiger partial charge in [0.15, 0.2) is 0 Å². The van der Waals surface area contributed by atoms with Crippen molar-refractivity contribution in [1.29, 1.82) is 0 Å². The standard InChI is InChI=1S/C10H14N6S/c1-6-3-8(15-10(14-6)16-11)12-4-9-13-7(2)5-17-9/h3,5H,4,11H2,1-2H3,(H2,12,14,15,16). The van der Waals surface area contributed by atoms with Crippen molar-refractivity contribution in [3.63, 3.8) is 0 Å². The summed E-state index contributed by atoms with van der Waals surface area (Å²) in [6, 6.07) is 1.86. The molecule has 2 rings (SSSR count). The number of aryl methyl sites for hydroxylation is 2. The molecule has 2 aromatic heterocycles. The van der Waals surface area contributed by atoms with Gasteiger partial charge in [0.1, 0.15) is 10.8 Å². The van der Waals surface area contributed by atoms with E-state index in [-0.39, 0.29) is 0 Å². The van der Waals surface area contributed by atoms with Crippen LogP contribution in [0.1, 0.15) is 16.4 Å². The minimum Gasteiger partial charge on any atom is -0.363 e. The number of rotatable bonds is 4. The predicted molar refractivity (Wildman–Crippen MR) is 68.8 cm³/mol. The van der Waals surface area contributed by atoms with Crippen LogP contribution in [0.4, 0.5) is 11.8 Å². The molecular weight excluding hydrogens is 236 g/mol. The number of nitrogen functional groups attached to an aromatic ring is 1. The molecule has 0 aliphatic heterocycles. The fourth-order valence-electron chi connectivity index (χ4n) is 1.37.